The largest absolute Gasteiger partial charge is 0.337 e. The lowest BCUT2D eigenvalue weighted by atomic mass is 9.99. The maximum atomic E-state index is 13.3. The van der Waals surface area contributed by atoms with Gasteiger partial charge in [0.25, 0.3) is 5.91 Å². The van der Waals surface area contributed by atoms with Crippen molar-refractivity contribution in [2.24, 2.45) is 0 Å². The molecule has 146 valence electrons. The van der Waals surface area contributed by atoms with Crippen LogP contribution < -0.4 is 4.72 Å². The van der Waals surface area contributed by atoms with Crippen molar-refractivity contribution in [2.75, 3.05) is 13.6 Å². The van der Waals surface area contributed by atoms with E-state index in [1.807, 2.05) is 47.9 Å². The zero-order chi connectivity index (χ0) is 19.9. The van der Waals surface area contributed by atoms with Crippen LogP contribution in [0.3, 0.4) is 0 Å². The van der Waals surface area contributed by atoms with Gasteiger partial charge in [-0.05, 0) is 49.7 Å². The molecule has 2 heterocycles. The minimum absolute atomic E-state index is 0.0226. The monoisotopic (exact) mass is 397 g/mol. The second-order valence-corrected chi connectivity index (χ2v) is 8.77. The second kappa shape index (κ2) is 7.07. The first-order valence-electron chi connectivity index (χ1n) is 9.38. The molecular weight excluding hydrogens is 374 g/mol. The van der Waals surface area contributed by atoms with Crippen LogP contribution >= 0.6 is 0 Å². The van der Waals surface area contributed by atoms with Crippen LogP contribution in [0.15, 0.2) is 53.4 Å². The van der Waals surface area contributed by atoms with Crippen LogP contribution in [0.2, 0.25) is 0 Å². The Bertz CT molecular complexity index is 1160. The Morgan fingerprint density at radius 1 is 1.14 bits per heavy atom. The highest BCUT2D eigenvalue weighted by molar-refractivity contribution is 7.89. The number of carbonyl (C=O) groups excluding carboxylic acids is 1. The summed E-state index contributed by atoms with van der Waals surface area (Å²) in [6.45, 7) is 3.65. The summed E-state index contributed by atoms with van der Waals surface area (Å²) in [7, 11) is -2.10. The summed E-state index contributed by atoms with van der Waals surface area (Å²) >= 11 is 0. The van der Waals surface area contributed by atoms with Gasteiger partial charge in [0.05, 0.1) is 4.90 Å². The molecule has 1 aliphatic rings. The number of hydrogen-bond donors (Lipinski definition) is 1. The number of fused-ring (bicyclic) bond motifs is 2. The van der Waals surface area contributed by atoms with E-state index in [2.05, 4.69) is 4.72 Å². The van der Waals surface area contributed by atoms with Crippen LogP contribution in [0.1, 0.15) is 28.5 Å². The number of rotatable bonds is 4. The maximum absolute atomic E-state index is 13.3. The summed E-state index contributed by atoms with van der Waals surface area (Å²) < 4.78 is 29.0. The van der Waals surface area contributed by atoms with Crippen molar-refractivity contribution in [2.45, 2.75) is 31.3 Å². The van der Waals surface area contributed by atoms with Gasteiger partial charge >= 0.3 is 0 Å². The molecule has 7 heteroatoms. The minimum atomic E-state index is -3.52. The Morgan fingerprint density at radius 3 is 2.68 bits per heavy atom. The van der Waals surface area contributed by atoms with E-state index in [4.69, 9.17) is 0 Å². The fourth-order valence-electron chi connectivity index (χ4n) is 4.00. The average molecular weight is 398 g/mol. The fraction of sp³-hybridized carbons (Fsp3) is 0.286. The van der Waals surface area contributed by atoms with E-state index in [0.29, 0.717) is 36.6 Å². The molecule has 1 aromatic heterocycles. The Kier molecular flexibility index (Phi) is 4.72. The van der Waals surface area contributed by atoms with Crippen molar-refractivity contribution >= 4 is 26.8 Å². The topological polar surface area (TPSA) is 71.4 Å². The highest BCUT2D eigenvalue weighted by Gasteiger charge is 2.28. The van der Waals surface area contributed by atoms with Crippen LogP contribution in [0.4, 0.5) is 0 Å². The van der Waals surface area contributed by atoms with E-state index in [9.17, 15) is 13.2 Å². The van der Waals surface area contributed by atoms with Crippen LogP contribution in [0.25, 0.3) is 10.9 Å². The molecule has 6 nitrogen and oxygen atoms in total. The molecule has 0 bridgehead atoms. The summed E-state index contributed by atoms with van der Waals surface area (Å²) in [6.07, 6.45) is 0.518. The third-order valence-corrected chi connectivity index (χ3v) is 6.91. The number of sulfonamides is 1. The van der Waals surface area contributed by atoms with Crippen LogP contribution in [-0.4, -0.2) is 37.4 Å². The van der Waals surface area contributed by atoms with Crippen LogP contribution in [0.5, 0.6) is 0 Å². The number of aromatic nitrogens is 1. The van der Waals surface area contributed by atoms with E-state index in [-0.39, 0.29) is 5.91 Å². The van der Waals surface area contributed by atoms with Gasteiger partial charge in [0.2, 0.25) is 10.0 Å². The van der Waals surface area contributed by atoms with Crippen molar-refractivity contribution in [3.05, 3.63) is 65.4 Å². The second-order valence-electron chi connectivity index (χ2n) is 6.91. The molecule has 2 aromatic carbocycles. The Labute approximate surface area is 164 Å². The van der Waals surface area contributed by atoms with Crippen molar-refractivity contribution in [3.63, 3.8) is 0 Å². The molecule has 3 aromatic rings. The molecule has 0 radical (unpaired) electrons. The van der Waals surface area contributed by atoms with Gasteiger partial charge in [-0.2, -0.15) is 0 Å². The maximum Gasteiger partial charge on any atom is 0.270 e. The zero-order valence-corrected chi connectivity index (χ0v) is 16.8. The summed E-state index contributed by atoms with van der Waals surface area (Å²) in [6, 6.07) is 15.2. The molecule has 0 aliphatic carbocycles. The number of para-hydroxylation sites is 1. The lowest BCUT2D eigenvalue weighted by Crippen LogP contribution is -2.37. The predicted molar refractivity (Wildman–Crippen MR) is 109 cm³/mol. The molecule has 0 spiro atoms. The first-order chi connectivity index (χ1) is 13.5. The fourth-order valence-corrected chi connectivity index (χ4v) is 5.03. The van der Waals surface area contributed by atoms with Gasteiger partial charge in [-0.1, -0.05) is 30.3 Å². The summed E-state index contributed by atoms with van der Waals surface area (Å²) in [5, 5.41) is 1.05. The van der Waals surface area contributed by atoms with E-state index < -0.39 is 10.0 Å². The van der Waals surface area contributed by atoms with Gasteiger partial charge in [0.15, 0.2) is 0 Å². The molecule has 0 unspecified atom stereocenters. The summed E-state index contributed by atoms with van der Waals surface area (Å²) in [5.74, 6) is -0.0226. The number of aryl methyl sites for hydroxylation is 1. The molecular formula is C21H23N3O3S. The van der Waals surface area contributed by atoms with Crippen molar-refractivity contribution in [3.8, 4) is 0 Å². The molecule has 0 fully saturated rings. The van der Waals surface area contributed by atoms with Crippen molar-refractivity contribution < 1.29 is 13.2 Å². The smallest absolute Gasteiger partial charge is 0.270 e. The van der Waals surface area contributed by atoms with Gasteiger partial charge in [0.1, 0.15) is 5.69 Å². The lowest BCUT2D eigenvalue weighted by Gasteiger charge is -2.30. The Balaban J connectivity index is 1.69. The summed E-state index contributed by atoms with van der Waals surface area (Å²) in [4.78, 5) is 15.4. The molecule has 4 rings (SSSR count). The van der Waals surface area contributed by atoms with Gasteiger partial charge < -0.3 is 9.47 Å². The predicted octanol–water partition coefficient (Wildman–Crippen LogP) is 2.77. The number of hydrogen-bond acceptors (Lipinski definition) is 3. The van der Waals surface area contributed by atoms with Gasteiger partial charge in [-0.3, -0.25) is 4.79 Å². The van der Waals surface area contributed by atoms with Crippen molar-refractivity contribution in [1.82, 2.24) is 14.2 Å². The van der Waals surface area contributed by atoms with Gasteiger partial charge in [-0.25, -0.2) is 13.1 Å². The first kappa shape index (κ1) is 18.7. The average Bonchev–Trinajstić information content (AvgIpc) is 3.10. The van der Waals surface area contributed by atoms with Gasteiger partial charge in [0, 0.05) is 30.5 Å². The highest BCUT2D eigenvalue weighted by Crippen LogP contribution is 2.28. The third kappa shape index (κ3) is 3.00. The lowest BCUT2D eigenvalue weighted by molar-refractivity contribution is 0.0723. The molecule has 0 saturated carbocycles. The minimum Gasteiger partial charge on any atom is -0.337 e. The molecule has 0 atom stereocenters. The van der Waals surface area contributed by atoms with Gasteiger partial charge in [-0.15, -0.1) is 0 Å². The standard InChI is InChI=1S/C21H23N3O3S/c1-3-24-18-9-5-4-7-15(18)13-19(24)21(25)23-12-11-17-16(14-23)8-6-10-20(17)28(26,27)22-2/h4-10,13,22H,3,11-12,14H2,1-2H3. The highest BCUT2D eigenvalue weighted by atomic mass is 32.2. The molecule has 1 N–H and O–H groups in total. The number of nitrogens with one attached hydrogen (secondary N) is 1. The van der Waals surface area contributed by atoms with Crippen molar-refractivity contribution in [1.29, 1.82) is 0 Å². The molecule has 0 saturated heterocycles. The Morgan fingerprint density at radius 2 is 1.93 bits per heavy atom. The third-order valence-electron chi connectivity index (χ3n) is 5.41. The quantitative estimate of drug-likeness (QED) is 0.736. The van der Waals surface area contributed by atoms with E-state index in [1.165, 1.54) is 7.05 Å². The Hall–Kier alpha value is -2.64. The van der Waals surface area contributed by atoms with E-state index in [1.54, 1.807) is 17.0 Å². The van der Waals surface area contributed by atoms with E-state index >= 15 is 0 Å². The summed E-state index contributed by atoms with van der Waals surface area (Å²) in [5.41, 5.74) is 3.41. The van der Waals surface area contributed by atoms with Crippen LogP contribution in [-0.2, 0) is 29.5 Å². The number of benzene rings is 2. The van der Waals surface area contributed by atoms with Crippen LogP contribution in [0, 0.1) is 0 Å². The first-order valence-corrected chi connectivity index (χ1v) is 10.9. The molecule has 28 heavy (non-hydrogen) atoms. The SMILES string of the molecule is CCn1c(C(=O)N2CCc3c(cccc3S(=O)(=O)NC)C2)cc2ccccc21. The molecule has 1 aliphatic heterocycles. The normalized spacial score (nSPS) is 14.3. The molecule has 1 amide bonds. The number of amides is 1. The number of carbonyl (C=O) groups is 1. The van der Waals surface area contributed by atoms with E-state index in [0.717, 1.165) is 22.0 Å². The zero-order valence-electron chi connectivity index (χ0n) is 16.0. The number of nitrogens with zero attached hydrogens (tertiary/aromatic N) is 2.